The van der Waals surface area contributed by atoms with Gasteiger partial charge in [0.15, 0.2) is 0 Å². The molecule has 1 fully saturated rings. The van der Waals surface area contributed by atoms with Crippen LogP contribution in [-0.2, 0) is 10.2 Å². The standard InChI is InChI=1S/C16H23NO2/c1-16(2,3)12-7-5-11(6-8-12)13-9-17(4)10-14(13)15(18)19/h5-8,13-14H,9-10H2,1-4H3,(H,18,19)/t13-,14+/m1/s1. The first kappa shape index (κ1) is 14.1. The largest absolute Gasteiger partial charge is 0.481 e. The van der Waals surface area contributed by atoms with Gasteiger partial charge in [-0.2, -0.15) is 0 Å². The quantitative estimate of drug-likeness (QED) is 0.890. The maximum Gasteiger partial charge on any atom is 0.308 e. The number of carboxylic acid groups (broad SMARTS) is 1. The summed E-state index contributed by atoms with van der Waals surface area (Å²) in [7, 11) is 1.99. The Bertz CT molecular complexity index is 459. The molecule has 0 bridgehead atoms. The molecule has 1 aliphatic heterocycles. The van der Waals surface area contributed by atoms with Crippen LogP contribution in [0.5, 0.6) is 0 Å². The molecule has 3 nitrogen and oxygen atoms in total. The van der Waals surface area contributed by atoms with E-state index in [-0.39, 0.29) is 17.3 Å². The lowest BCUT2D eigenvalue weighted by molar-refractivity contribution is -0.141. The summed E-state index contributed by atoms with van der Waals surface area (Å²) in [5.41, 5.74) is 2.57. The number of carboxylic acids is 1. The molecule has 2 rings (SSSR count). The van der Waals surface area contributed by atoms with Crippen molar-refractivity contribution in [3.05, 3.63) is 35.4 Å². The van der Waals surface area contributed by atoms with Gasteiger partial charge in [-0.05, 0) is 23.6 Å². The van der Waals surface area contributed by atoms with Crippen molar-refractivity contribution < 1.29 is 9.90 Å². The lowest BCUT2D eigenvalue weighted by Crippen LogP contribution is -2.21. The van der Waals surface area contributed by atoms with Crippen LogP contribution in [0.2, 0.25) is 0 Å². The zero-order chi connectivity index (χ0) is 14.2. The fraction of sp³-hybridized carbons (Fsp3) is 0.562. The van der Waals surface area contributed by atoms with E-state index < -0.39 is 5.97 Å². The van der Waals surface area contributed by atoms with Crippen molar-refractivity contribution in [1.82, 2.24) is 4.90 Å². The average Bonchev–Trinajstić information content (AvgIpc) is 2.70. The van der Waals surface area contributed by atoms with Crippen molar-refractivity contribution in [2.24, 2.45) is 5.92 Å². The van der Waals surface area contributed by atoms with E-state index in [2.05, 4.69) is 49.9 Å². The fourth-order valence-electron chi connectivity index (χ4n) is 2.82. The number of likely N-dealkylation sites (N-methyl/N-ethyl adjacent to an activating group) is 1. The number of benzene rings is 1. The molecular formula is C16H23NO2. The maximum absolute atomic E-state index is 11.3. The van der Waals surface area contributed by atoms with Gasteiger partial charge >= 0.3 is 5.97 Å². The maximum atomic E-state index is 11.3. The lowest BCUT2D eigenvalue weighted by Gasteiger charge is -2.21. The topological polar surface area (TPSA) is 40.5 Å². The molecule has 0 saturated carbocycles. The Balaban J connectivity index is 2.24. The van der Waals surface area contributed by atoms with Gasteiger partial charge in [0.25, 0.3) is 0 Å². The van der Waals surface area contributed by atoms with Gasteiger partial charge in [-0.3, -0.25) is 4.79 Å². The third-order valence-electron chi connectivity index (χ3n) is 4.02. The molecule has 19 heavy (non-hydrogen) atoms. The second-order valence-electron chi connectivity index (χ2n) is 6.64. The summed E-state index contributed by atoms with van der Waals surface area (Å²) in [6, 6.07) is 8.46. The van der Waals surface area contributed by atoms with Crippen molar-refractivity contribution in [1.29, 1.82) is 0 Å². The molecule has 1 heterocycles. The molecule has 0 aliphatic carbocycles. The van der Waals surface area contributed by atoms with Gasteiger partial charge in [0.2, 0.25) is 0 Å². The Labute approximate surface area is 115 Å². The summed E-state index contributed by atoms with van der Waals surface area (Å²) in [5, 5.41) is 9.32. The van der Waals surface area contributed by atoms with E-state index in [0.717, 1.165) is 12.1 Å². The number of likely N-dealkylation sites (tertiary alicyclic amines) is 1. The van der Waals surface area contributed by atoms with Gasteiger partial charge in [0.1, 0.15) is 0 Å². The third-order valence-corrected chi connectivity index (χ3v) is 4.02. The summed E-state index contributed by atoms with van der Waals surface area (Å²) in [5.74, 6) is -0.865. The molecule has 1 N–H and O–H groups in total. The molecule has 1 saturated heterocycles. The van der Waals surface area contributed by atoms with Gasteiger partial charge in [-0.25, -0.2) is 0 Å². The monoisotopic (exact) mass is 261 g/mol. The van der Waals surface area contributed by atoms with Gasteiger partial charge in [-0.15, -0.1) is 0 Å². The van der Waals surface area contributed by atoms with E-state index in [1.807, 2.05) is 7.05 Å². The van der Waals surface area contributed by atoms with Gasteiger partial charge in [0.05, 0.1) is 5.92 Å². The second kappa shape index (κ2) is 4.97. The highest BCUT2D eigenvalue weighted by Crippen LogP contribution is 2.33. The Kier molecular flexibility index (Phi) is 3.68. The van der Waals surface area contributed by atoms with E-state index in [1.54, 1.807) is 0 Å². The van der Waals surface area contributed by atoms with Crippen LogP contribution in [0.4, 0.5) is 0 Å². The fourth-order valence-corrected chi connectivity index (χ4v) is 2.82. The van der Waals surface area contributed by atoms with Crippen molar-refractivity contribution in [3.63, 3.8) is 0 Å². The van der Waals surface area contributed by atoms with E-state index >= 15 is 0 Å². The summed E-state index contributed by atoms with van der Waals surface area (Å²) in [4.78, 5) is 13.4. The Hall–Kier alpha value is -1.35. The zero-order valence-electron chi connectivity index (χ0n) is 12.2. The average molecular weight is 261 g/mol. The van der Waals surface area contributed by atoms with E-state index in [0.29, 0.717) is 6.54 Å². The molecule has 0 unspecified atom stereocenters. The third kappa shape index (κ3) is 2.98. The van der Waals surface area contributed by atoms with Crippen LogP contribution in [0.25, 0.3) is 0 Å². The van der Waals surface area contributed by atoms with E-state index in [9.17, 15) is 9.90 Å². The highest BCUT2D eigenvalue weighted by molar-refractivity contribution is 5.72. The first-order chi connectivity index (χ1) is 8.79. The van der Waals surface area contributed by atoms with Gasteiger partial charge in [-0.1, -0.05) is 45.0 Å². The molecule has 104 valence electrons. The SMILES string of the molecule is CN1C[C@H](C(=O)O)[C@@H](c2ccc(C(C)(C)C)cc2)C1. The molecule has 3 heteroatoms. The van der Waals surface area contributed by atoms with Gasteiger partial charge < -0.3 is 10.0 Å². The molecule has 0 aromatic heterocycles. The van der Waals surface area contributed by atoms with E-state index in [1.165, 1.54) is 5.56 Å². The molecule has 1 aromatic carbocycles. The predicted molar refractivity (Wildman–Crippen MR) is 76.5 cm³/mol. The lowest BCUT2D eigenvalue weighted by atomic mass is 9.83. The minimum Gasteiger partial charge on any atom is -0.481 e. The van der Waals surface area contributed by atoms with Crippen LogP contribution in [0, 0.1) is 5.92 Å². The number of hydrogen-bond acceptors (Lipinski definition) is 2. The number of nitrogens with zero attached hydrogens (tertiary/aromatic N) is 1. The van der Waals surface area contributed by atoms with Crippen LogP contribution >= 0.6 is 0 Å². The first-order valence-corrected chi connectivity index (χ1v) is 6.81. The molecule has 0 amide bonds. The smallest absolute Gasteiger partial charge is 0.308 e. The van der Waals surface area contributed by atoms with Crippen LogP contribution < -0.4 is 0 Å². The Morgan fingerprint density at radius 3 is 2.26 bits per heavy atom. The van der Waals surface area contributed by atoms with Crippen LogP contribution in [0.15, 0.2) is 24.3 Å². The molecule has 0 spiro atoms. The van der Waals surface area contributed by atoms with Crippen molar-refractivity contribution >= 4 is 5.97 Å². The van der Waals surface area contributed by atoms with E-state index in [4.69, 9.17) is 0 Å². The minimum absolute atomic E-state index is 0.108. The van der Waals surface area contributed by atoms with Crippen LogP contribution in [0.1, 0.15) is 37.8 Å². The minimum atomic E-state index is -0.686. The Morgan fingerprint density at radius 1 is 1.21 bits per heavy atom. The highest BCUT2D eigenvalue weighted by atomic mass is 16.4. The summed E-state index contributed by atoms with van der Waals surface area (Å²) >= 11 is 0. The normalized spacial score (nSPS) is 24.6. The zero-order valence-corrected chi connectivity index (χ0v) is 12.2. The van der Waals surface area contributed by atoms with Crippen LogP contribution in [0.3, 0.4) is 0 Å². The summed E-state index contributed by atoms with van der Waals surface area (Å²) in [6.45, 7) is 8.02. The van der Waals surface area contributed by atoms with Crippen molar-refractivity contribution in [2.75, 3.05) is 20.1 Å². The highest BCUT2D eigenvalue weighted by Gasteiger charge is 2.36. The van der Waals surface area contributed by atoms with Crippen LogP contribution in [-0.4, -0.2) is 36.1 Å². The first-order valence-electron chi connectivity index (χ1n) is 6.81. The predicted octanol–water partition coefficient (Wildman–Crippen LogP) is 2.71. The molecule has 1 aromatic rings. The summed E-state index contributed by atoms with van der Waals surface area (Å²) < 4.78 is 0. The summed E-state index contributed by atoms with van der Waals surface area (Å²) in [6.07, 6.45) is 0. The number of hydrogen-bond donors (Lipinski definition) is 1. The molecule has 1 aliphatic rings. The molecular weight excluding hydrogens is 238 g/mol. The van der Waals surface area contributed by atoms with Crippen molar-refractivity contribution in [2.45, 2.75) is 32.1 Å². The number of aliphatic carboxylic acids is 1. The van der Waals surface area contributed by atoms with Crippen molar-refractivity contribution in [3.8, 4) is 0 Å². The number of rotatable bonds is 2. The van der Waals surface area contributed by atoms with Gasteiger partial charge in [0, 0.05) is 19.0 Å². The Morgan fingerprint density at radius 2 is 1.79 bits per heavy atom. The molecule has 0 radical (unpaired) electrons. The molecule has 2 atom stereocenters. The number of carbonyl (C=O) groups is 1. The second-order valence-corrected chi connectivity index (χ2v) is 6.64.